The smallest absolute Gasteiger partial charge is 0.317 e. The highest BCUT2D eigenvalue weighted by Gasteiger charge is 2.26. The Balaban J connectivity index is 4.33. The van der Waals surface area contributed by atoms with E-state index in [1.807, 2.05) is 0 Å². The zero-order valence-electron chi connectivity index (χ0n) is 8.44. The number of carboxylic acid groups (broad SMARTS) is 1. The van der Waals surface area contributed by atoms with Gasteiger partial charge in [0, 0.05) is 0 Å². The van der Waals surface area contributed by atoms with Crippen molar-refractivity contribution in [1.82, 2.24) is 0 Å². The summed E-state index contributed by atoms with van der Waals surface area (Å²) in [6.07, 6.45) is -0.236. The molecule has 1 unspecified atom stereocenters. The first kappa shape index (κ1) is 12.6. The summed E-state index contributed by atoms with van der Waals surface area (Å²) in [5.74, 6) is -3.21. The number of hydrogen-bond donors (Lipinski definition) is 1. The summed E-state index contributed by atoms with van der Waals surface area (Å²) >= 11 is 0. The SMILES string of the molecule is CC(C)(C)OC(=O)C(C=O)CC(=O)O. The van der Waals surface area contributed by atoms with Gasteiger partial charge in [-0.2, -0.15) is 0 Å². The van der Waals surface area contributed by atoms with Gasteiger partial charge in [-0.25, -0.2) is 0 Å². The Bertz CT molecular complexity index is 238. The molecule has 0 radical (unpaired) electrons. The zero-order chi connectivity index (χ0) is 11.4. The van der Waals surface area contributed by atoms with Crippen molar-refractivity contribution >= 4 is 18.2 Å². The number of esters is 1. The second-order valence-electron chi connectivity index (χ2n) is 3.87. The molecule has 0 aliphatic carbocycles. The molecular formula is C9H14O5. The van der Waals surface area contributed by atoms with Crippen LogP contribution in [0.15, 0.2) is 0 Å². The van der Waals surface area contributed by atoms with E-state index in [0.29, 0.717) is 6.29 Å². The van der Waals surface area contributed by atoms with Crippen LogP contribution in [0, 0.1) is 5.92 Å². The van der Waals surface area contributed by atoms with Gasteiger partial charge in [0.05, 0.1) is 6.42 Å². The third-order valence-electron chi connectivity index (χ3n) is 1.27. The Kier molecular flexibility index (Phi) is 4.27. The Morgan fingerprint density at radius 2 is 1.93 bits per heavy atom. The van der Waals surface area contributed by atoms with E-state index in [1.54, 1.807) is 20.8 Å². The third kappa shape index (κ3) is 5.29. The largest absolute Gasteiger partial charge is 0.481 e. The average Bonchev–Trinajstić information content (AvgIpc) is 1.96. The lowest BCUT2D eigenvalue weighted by atomic mass is 10.1. The molecule has 5 heteroatoms. The summed E-state index contributed by atoms with van der Waals surface area (Å²) < 4.78 is 4.86. The van der Waals surface area contributed by atoms with Crippen LogP contribution in [0.2, 0.25) is 0 Å². The molecule has 80 valence electrons. The Hall–Kier alpha value is -1.39. The second-order valence-corrected chi connectivity index (χ2v) is 3.87. The van der Waals surface area contributed by atoms with Crippen LogP contribution in [-0.4, -0.2) is 28.9 Å². The summed E-state index contributed by atoms with van der Waals surface area (Å²) in [4.78, 5) is 31.9. The number of aliphatic carboxylic acids is 1. The van der Waals surface area contributed by atoms with Gasteiger partial charge in [-0.05, 0) is 20.8 Å². The number of carboxylic acids is 1. The fourth-order valence-electron chi connectivity index (χ4n) is 0.753. The number of hydrogen-bond acceptors (Lipinski definition) is 4. The van der Waals surface area contributed by atoms with Gasteiger partial charge in [0.2, 0.25) is 0 Å². The maximum Gasteiger partial charge on any atom is 0.317 e. The molecule has 14 heavy (non-hydrogen) atoms. The molecule has 1 atom stereocenters. The third-order valence-corrected chi connectivity index (χ3v) is 1.27. The molecule has 0 amide bonds. The number of aldehydes is 1. The van der Waals surface area contributed by atoms with E-state index in [9.17, 15) is 14.4 Å². The van der Waals surface area contributed by atoms with Crippen LogP contribution < -0.4 is 0 Å². The highest BCUT2D eigenvalue weighted by molar-refractivity contribution is 5.91. The fraction of sp³-hybridized carbons (Fsp3) is 0.667. The van der Waals surface area contributed by atoms with Gasteiger partial charge in [-0.1, -0.05) is 0 Å². The lowest BCUT2D eigenvalue weighted by molar-refractivity contribution is -0.163. The normalized spacial score (nSPS) is 13.1. The van der Waals surface area contributed by atoms with E-state index in [1.165, 1.54) is 0 Å². The summed E-state index contributed by atoms with van der Waals surface area (Å²) in [6.45, 7) is 4.94. The molecule has 0 rings (SSSR count). The molecule has 0 aromatic heterocycles. The van der Waals surface area contributed by atoms with E-state index < -0.39 is 29.9 Å². The predicted molar refractivity (Wildman–Crippen MR) is 47.7 cm³/mol. The highest BCUT2D eigenvalue weighted by atomic mass is 16.6. The summed E-state index contributed by atoms with van der Waals surface area (Å²) in [6, 6.07) is 0. The number of rotatable bonds is 4. The molecule has 0 heterocycles. The van der Waals surface area contributed by atoms with E-state index in [0.717, 1.165) is 0 Å². The molecule has 0 spiro atoms. The Morgan fingerprint density at radius 1 is 1.43 bits per heavy atom. The van der Waals surface area contributed by atoms with Gasteiger partial charge in [0.25, 0.3) is 0 Å². The molecule has 0 saturated heterocycles. The van der Waals surface area contributed by atoms with Gasteiger partial charge in [0.15, 0.2) is 0 Å². The van der Waals surface area contributed by atoms with Crippen LogP contribution in [0.25, 0.3) is 0 Å². The van der Waals surface area contributed by atoms with E-state index in [4.69, 9.17) is 9.84 Å². The molecule has 0 saturated carbocycles. The number of carbonyl (C=O) groups excluding carboxylic acids is 2. The molecule has 0 aliphatic rings. The molecule has 0 aromatic carbocycles. The Labute approximate surface area is 82.1 Å². The van der Waals surface area contributed by atoms with Gasteiger partial charge in [-0.3, -0.25) is 9.59 Å². The van der Waals surface area contributed by atoms with Gasteiger partial charge < -0.3 is 14.6 Å². The molecular weight excluding hydrogens is 188 g/mol. The highest BCUT2D eigenvalue weighted by Crippen LogP contribution is 2.12. The molecule has 0 aliphatic heterocycles. The summed E-state index contributed by atoms with van der Waals surface area (Å²) in [5, 5.41) is 8.40. The van der Waals surface area contributed by atoms with E-state index in [-0.39, 0.29) is 0 Å². The minimum atomic E-state index is -1.22. The molecule has 0 bridgehead atoms. The fourth-order valence-corrected chi connectivity index (χ4v) is 0.753. The number of carbonyl (C=O) groups is 3. The van der Waals surface area contributed by atoms with E-state index in [2.05, 4.69) is 0 Å². The molecule has 1 N–H and O–H groups in total. The van der Waals surface area contributed by atoms with Crippen molar-refractivity contribution in [2.75, 3.05) is 0 Å². The van der Waals surface area contributed by atoms with Crippen molar-refractivity contribution in [3.05, 3.63) is 0 Å². The second kappa shape index (κ2) is 4.74. The monoisotopic (exact) mass is 202 g/mol. The van der Waals surface area contributed by atoms with Crippen molar-refractivity contribution < 1.29 is 24.2 Å². The topological polar surface area (TPSA) is 80.7 Å². The Morgan fingerprint density at radius 3 is 2.21 bits per heavy atom. The van der Waals surface area contributed by atoms with E-state index >= 15 is 0 Å². The van der Waals surface area contributed by atoms with Gasteiger partial charge in [-0.15, -0.1) is 0 Å². The quantitative estimate of drug-likeness (QED) is 0.410. The first-order valence-corrected chi connectivity index (χ1v) is 4.16. The van der Waals surface area contributed by atoms with Crippen LogP contribution in [0.1, 0.15) is 27.2 Å². The van der Waals surface area contributed by atoms with Gasteiger partial charge >= 0.3 is 11.9 Å². The number of ether oxygens (including phenoxy) is 1. The summed E-state index contributed by atoms with van der Waals surface area (Å²) in [5.41, 5.74) is -0.711. The maximum absolute atomic E-state index is 11.2. The van der Waals surface area contributed by atoms with Crippen molar-refractivity contribution in [2.24, 2.45) is 5.92 Å². The average molecular weight is 202 g/mol. The minimum Gasteiger partial charge on any atom is -0.481 e. The lowest BCUT2D eigenvalue weighted by Crippen LogP contribution is -2.30. The predicted octanol–water partition coefficient (Wildman–Crippen LogP) is 0.618. The first-order chi connectivity index (χ1) is 6.26. The van der Waals surface area contributed by atoms with Crippen molar-refractivity contribution in [1.29, 1.82) is 0 Å². The zero-order valence-corrected chi connectivity index (χ0v) is 8.44. The van der Waals surface area contributed by atoms with Crippen molar-refractivity contribution in [2.45, 2.75) is 32.8 Å². The molecule has 5 nitrogen and oxygen atoms in total. The van der Waals surface area contributed by atoms with Crippen LogP contribution in [0.4, 0.5) is 0 Å². The standard InChI is InChI=1S/C9H14O5/c1-9(2,3)14-8(13)6(5-10)4-7(11)12/h5-6H,4H2,1-3H3,(H,11,12). The van der Waals surface area contributed by atoms with Crippen molar-refractivity contribution in [3.63, 3.8) is 0 Å². The maximum atomic E-state index is 11.2. The molecule has 0 fully saturated rings. The van der Waals surface area contributed by atoms with Crippen LogP contribution in [-0.2, 0) is 19.1 Å². The van der Waals surface area contributed by atoms with Crippen LogP contribution >= 0.6 is 0 Å². The summed E-state index contributed by atoms with van der Waals surface area (Å²) in [7, 11) is 0. The van der Waals surface area contributed by atoms with Gasteiger partial charge in [0.1, 0.15) is 17.8 Å². The van der Waals surface area contributed by atoms with Crippen LogP contribution in [0.3, 0.4) is 0 Å². The van der Waals surface area contributed by atoms with Crippen molar-refractivity contribution in [3.8, 4) is 0 Å². The minimum absolute atomic E-state index is 0.294. The molecule has 0 aromatic rings. The lowest BCUT2D eigenvalue weighted by Gasteiger charge is -2.21. The van der Waals surface area contributed by atoms with Crippen LogP contribution in [0.5, 0.6) is 0 Å². The first-order valence-electron chi connectivity index (χ1n) is 4.16.